The number of fused-ring (bicyclic) bond motifs is 1. The summed E-state index contributed by atoms with van der Waals surface area (Å²) in [5, 5.41) is 14.9. The first-order valence-corrected chi connectivity index (χ1v) is 19.4. The molecule has 15 heteroatoms. The van der Waals surface area contributed by atoms with Gasteiger partial charge in [0.2, 0.25) is 35.4 Å². The molecule has 1 fully saturated rings. The van der Waals surface area contributed by atoms with Crippen molar-refractivity contribution in [3.8, 4) is 0 Å². The van der Waals surface area contributed by atoms with Crippen molar-refractivity contribution in [3.05, 3.63) is 36.0 Å². The van der Waals surface area contributed by atoms with Crippen LogP contribution in [0, 0.1) is 5.92 Å². The number of unbranched alkanes of at least 4 members (excludes halogenated alkanes) is 2. The number of nitrogens with two attached hydrogens (primary N) is 1. The molecule has 1 aliphatic heterocycles. The molecule has 1 saturated heterocycles. The number of primary amides is 1. The van der Waals surface area contributed by atoms with Crippen LogP contribution in [0.4, 0.5) is 0 Å². The minimum Gasteiger partial charge on any atom is -0.370 e. The molecule has 1 aromatic carbocycles. The van der Waals surface area contributed by atoms with Crippen molar-refractivity contribution in [2.24, 2.45) is 11.7 Å². The summed E-state index contributed by atoms with van der Waals surface area (Å²) in [6.07, 6.45) is 6.82. The van der Waals surface area contributed by atoms with Gasteiger partial charge >= 0.3 is 0 Å². The van der Waals surface area contributed by atoms with Crippen molar-refractivity contribution in [2.45, 2.75) is 102 Å². The molecule has 0 bridgehead atoms. The van der Waals surface area contributed by atoms with E-state index in [1.54, 1.807) is 27.0 Å². The maximum absolute atomic E-state index is 13.6. The summed E-state index contributed by atoms with van der Waals surface area (Å²) < 4.78 is 0. The Morgan fingerprint density at radius 1 is 0.898 bits per heavy atom. The molecule has 0 aliphatic carbocycles. The van der Waals surface area contributed by atoms with Gasteiger partial charge in [0.15, 0.2) is 0 Å². The van der Waals surface area contributed by atoms with Gasteiger partial charge in [-0.25, -0.2) is 0 Å². The first-order chi connectivity index (χ1) is 23.5. The summed E-state index contributed by atoms with van der Waals surface area (Å²) in [6, 6.07) is 4.49. The number of carbonyl (C=O) groups excluding carboxylic acids is 6. The first-order valence-electron chi connectivity index (χ1n) is 17.0. The molecule has 3 rings (SSSR count). The highest BCUT2D eigenvalue weighted by Crippen LogP contribution is 2.39. The summed E-state index contributed by atoms with van der Waals surface area (Å²) >= 11 is 0. The van der Waals surface area contributed by atoms with Gasteiger partial charge < -0.3 is 37.3 Å². The van der Waals surface area contributed by atoms with Crippen LogP contribution in [0.3, 0.4) is 0 Å². The Balaban J connectivity index is 1.67. The van der Waals surface area contributed by atoms with Crippen molar-refractivity contribution >= 4 is 67.9 Å². The number of likely N-dealkylation sites (N-methyl/N-ethyl adjacent to an activating group) is 1. The quantitative estimate of drug-likeness (QED) is 0.0753. The van der Waals surface area contributed by atoms with E-state index in [1.807, 2.05) is 45.9 Å². The monoisotopic (exact) mass is 717 g/mol. The smallest absolute Gasteiger partial charge is 0.243 e. The van der Waals surface area contributed by atoms with E-state index in [9.17, 15) is 28.8 Å². The molecule has 49 heavy (non-hydrogen) atoms. The highest BCUT2D eigenvalue weighted by atomic mass is 33.1. The van der Waals surface area contributed by atoms with Crippen molar-refractivity contribution in [3.63, 3.8) is 0 Å². The number of benzene rings is 1. The van der Waals surface area contributed by atoms with Gasteiger partial charge in [0.1, 0.15) is 18.1 Å². The van der Waals surface area contributed by atoms with Gasteiger partial charge in [-0.1, -0.05) is 66.5 Å². The third kappa shape index (κ3) is 13.6. The fourth-order valence-electron chi connectivity index (χ4n) is 5.56. The van der Waals surface area contributed by atoms with Gasteiger partial charge in [0.25, 0.3) is 0 Å². The zero-order chi connectivity index (χ0) is 35.8. The molecule has 270 valence electrons. The minimum atomic E-state index is -1.14. The van der Waals surface area contributed by atoms with Gasteiger partial charge in [0.05, 0.1) is 6.54 Å². The van der Waals surface area contributed by atoms with E-state index >= 15 is 0 Å². The standard InChI is InChI=1S/C34H51N7O6S2/c1-4-36-34(47)31(21(2)3)41-30(44)20-38-32(45)27(18-22-19-37-25-12-9-8-11-24(22)25)40-33(46)26(14-15-28(35)42)39-29(43)13-7-5-6-10-23-16-17-48-49-23/h8-9,11-12,19,21,23,26-27,31,37H,4-7,10,13-18,20H2,1-3H3,(H2,35,42)(H,36,47)(H,38,45)(H,39,43)(H,40,46)(H,41,44). The van der Waals surface area contributed by atoms with Crippen molar-refractivity contribution in [1.29, 1.82) is 0 Å². The fourth-order valence-corrected chi connectivity index (χ4v) is 8.58. The number of H-pyrrole nitrogens is 1. The fraction of sp³-hybridized carbons (Fsp3) is 0.588. The lowest BCUT2D eigenvalue weighted by atomic mass is 10.0. The molecule has 2 heterocycles. The van der Waals surface area contributed by atoms with Crippen LogP contribution in [0.1, 0.15) is 77.7 Å². The number of aromatic nitrogens is 1. The van der Waals surface area contributed by atoms with Crippen LogP contribution in [-0.4, -0.2) is 82.6 Å². The third-order valence-corrected chi connectivity index (χ3v) is 11.3. The van der Waals surface area contributed by atoms with Crippen LogP contribution < -0.4 is 32.3 Å². The van der Waals surface area contributed by atoms with Crippen LogP contribution >= 0.6 is 21.6 Å². The average molecular weight is 718 g/mol. The van der Waals surface area contributed by atoms with Crippen LogP contribution in [-0.2, 0) is 35.2 Å². The van der Waals surface area contributed by atoms with Crippen LogP contribution in [0.5, 0.6) is 0 Å². The van der Waals surface area contributed by atoms with E-state index in [1.165, 1.54) is 12.2 Å². The molecule has 2 aromatic rings. The Kier molecular flexibility index (Phi) is 16.8. The van der Waals surface area contributed by atoms with Gasteiger partial charge in [-0.05, 0) is 50.2 Å². The molecule has 0 spiro atoms. The Bertz CT molecular complexity index is 1430. The zero-order valence-corrected chi connectivity index (χ0v) is 30.2. The topological polar surface area (TPSA) is 204 Å². The largest absolute Gasteiger partial charge is 0.370 e. The predicted octanol–water partition coefficient (Wildman–Crippen LogP) is 2.44. The van der Waals surface area contributed by atoms with Gasteiger partial charge in [0, 0.05) is 53.9 Å². The molecule has 0 saturated carbocycles. The SMILES string of the molecule is CCNC(=O)C(NC(=O)CNC(=O)C(Cc1c[nH]c2ccccc12)NC(=O)C(CCC(N)=O)NC(=O)CCCCCC1CCSS1)C(C)C. The van der Waals surface area contributed by atoms with Crippen molar-refractivity contribution in [2.75, 3.05) is 18.8 Å². The average Bonchev–Trinajstić information content (AvgIpc) is 3.74. The van der Waals surface area contributed by atoms with E-state index in [0.717, 1.165) is 35.7 Å². The lowest BCUT2D eigenvalue weighted by molar-refractivity contribution is -0.133. The van der Waals surface area contributed by atoms with Crippen LogP contribution in [0.15, 0.2) is 30.5 Å². The molecule has 0 radical (unpaired) electrons. The molecule has 4 atom stereocenters. The number of nitrogens with one attached hydrogen (secondary N) is 6. The van der Waals surface area contributed by atoms with Gasteiger partial charge in [-0.2, -0.15) is 0 Å². The van der Waals surface area contributed by atoms with E-state index in [-0.39, 0.29) is 43.4 Å². The second-order valence-corrected chi connectivity index (χ2v) is 15.4. The molecule has 8 N–H and O–H groups in total. The molecular weight excluding hydrogens is 667 g/mol. The Labute approximate surface area is 296 Å². The lowest BCUT2D eigenvalue weighted by Crippen LogP contribution is -2.56. The summed E-state index contributed by atoms with van der Waals surface area (Å²) in [7, 11) is 3.84. The second kappa shape index (κ2) is 20.7. The lowest BCUT2D eigenvalue weighted by Gasteiger charge is -2.24. The first kappa shape index (κ1) is 39.7. The number of hydrogen-bond donors (Lipinski definition) is 7. The molecular formula is C34H51N7O6S2. The van der Waals surface area contributed by atoms with Crippen molar-refractivity contribution in [1.82, 2.24) is 31.6 Å². The molecule has 1 aliphatic rings. The summed E-state index contributed by atoms with van der Waals surface area (Å²) in [5.74, 6) is -2.13. The number of hydrogen-bond acceptors (Lipinski definition) is 8. The number of rotatable bonds is 21. The maximum Gasteiger partial charge on any atom is 0.243 e. The molecule has 13 nitrogen and oxygen atoms in total. The highest BCUT2D eigenvalue weighted by molar-refractivity contribution is 8.77. The van der Waals surface area contributed by atoms with Crippen LogP contribution in [0.25, 0.3) is 10.9 Å². The van der Waals surface area contributed by atoms with E-state index in [2.05, 4.69) is 31.6 Å². The summed E-state index contributed by atoms with van der Waals surface area (Å²) in [6.45, 7) is 5.36. The van der Waals surface area contributed by atoms with Gasteiger partial charge in [-0.15, -0.1) is 0 Å². The maximum atomic E-state index is 13.6. The third-order valence-electron chi connectivity index (χ3n) is 8.26. The highest BCUT2D eigenvalue weighted by Gasteiger charge is 2.29. The zero-order valence-electron chi connectivity index (χ0n) is 28.6. The Morgan fingerprint density at radius 2 is 1.67 bits per heavy atom. The van der Waals surface area contributed by atoms with Crippen LogP contribution in [0.2, 0.25) is 0 Å². The molecule has 1 aromatic heterocycles. The Morgan fingerprint density at radius 3 is 2.37 bits per heavy atom. The van der Waals surface area contributed by atoms with Gasteiger partial charge in [-0.3, -0.25) is 28.8 Å². The summed E-state index contributed by atoms with van der Waals surface area (Å²) in [5.41, 5.74) is 6.97. The number of carbonyl (C=O) groups is 6. The van der Waals surface area contributed by atoms with Crippen molar-refractivity contribution < 1.29 is 28.8 Å². The van der Waals surface area contributed by atoms with E-state index < -0.39 is 48.3 Å². The minimum absolute atomic E-state index is 0.0380. The second-order valence-electron chi connectivity index (χ2n) is 12.6. The van der Waals surface area contributed by atoms with E-state index in [4.69, 9.17) is 5.73 Å². The predicted molar refractivity (Wildman–Crippen MR) is 194 cm³/mol. The Hall–Kier alpha value is -3.72. The number of aromatic amines is 1. The number of amides is 6. The normalized spacial score (nSPS) is 16.0. The summed E-state index contributed by atoms with van der Waals surface area (Å²) in [4.78, 5) is 80.0. The number of para-hydroxylation sites is 1. The molecule has 6 amide bonds. The van der Waals surface area contributed by atoms with E-state index in [0.29, 0.717) is 18.2 Å². The molecule has 4 unspecified atom stereocenters.